The smallest absolute Gasteiger partial charge is 0.243 e. The maximum Gasteiger partial charge on any atom is 0.243 e. The van der Waals surface area contributed by atoms with E-state index in [1.165, 1.54) is 5.56 Å². The number of fused-ring (bicyclic) bond motifs is 2. The lowest BCUT2D eigenvalue weighted by molar-refractivity contribution is -0.143. The van der Waals surface area contributed by atoms with Crippen LogP contribution in [0.5, 0.6) is 0 Å². The zero-order chi connectivity index (χ0) is 15.8. The molecule has 4 heteroatoms. The molecule has 1 heterocycles. The molecule has 3 atom stereocenters. The summed E-state index contributed by atoms with van der Waals surface area (Å²) in [5.41, 5.74) is 1.23. The minimum atomic E-state index is -0.211. The Morgan fingerprint density at radius 3 is 2.61 bits per heavy atom. The molecule has 0 radical (unpaired) electrons. The molecule has 122 valence electrons. The zero-order valence-corrected chi connectivity index (χ0v) is 13.4. The Hall–Kier alpha value is -1.84. The first-order valence-electron chi connectivity index (χ1n) is 8.88. The zero-order valence-electron chi connectivity index (χ0n) is 13.4. The molecule has 3 aliphatic rings. The number of likely N-dealkylation sites (tertiary alicyclic amines) is 1. The normalized spacial score (nSPS) is 28.9. The van der Waals surface area contributed by atoms with E-state index >= 15 is 0 Å². The lowest BCUT2D eigenvalue weighted by Crippen LogP contribution is -2.53. The molecule has 2 aliphatic carbocycles. The van der Waals surface area contributed by atoms with Crippen LogP contribution in [0, 0.1) is 11.8 Å². The molecule has 1 N–H and O–H groups in total. The van der Waals surface area contributed by atoms with Crippen molar-refractivity contribution in [3.8, 4) is 0 Å². The SMILES string of the molecule is O=C(NCCc1ccccc1)[C@H]1[C@H]2CC[C@@H](C2)N1C(=O)C1CC1. The molecular weight excluding hydrogens is 288 g/mol. The molecular formula is C19H24N2O2. The van der Waals surface area contributed by atoms with Gasteiger partial charge in [-0.25, -0.2) is 0 Å². The van der Waals surface area contributed by atoms with Crippen LogP contribution in [0.1, 0.15) is 37.7 Å². The summed E-state index contributed by atoms with van der Waals surface area (Å²) in [5, 5.41) is 3.07. The lowest BCUT2D eigenvalue weighted by Gasteiger charge is -2.34. The van der Waals surface area contributed by atoms with Gasteiger partial charge in [-0.15, -0.1) is 0 Å². The Bertz CT molecular complexity index is 597. The Balaban J connectivity index is 1.37. The van der Waals surface area contributed by atoms with E-state index in [-0.39, 0.29) is 23.8 Å². The number of hydrogen-bond donors (Lipinski definition) is 1. The van der Waals surface area contributed by atoms with E-state index in [4.69, 9.17) is 0 Å². The van der Waals surface area contributed by atoms with Gasteiger partial charge in [0.15, 0.2) is 0 Å². The van der Waals surface area contributed by atoms with Crippen molar-refractivity contribution in [2.45, 2.75) is 50.6 Å². The van der Waals surface area contributed by atoms with Crippen molar-refractivity contribution in [2.24, 2.45) is 11.8 Å². The number of hydrogen-bond acceptors (Lipinski definition) is 2. The van der Waals surface area contributed by atoms with Crippen LogP contribution in [0.25, 0.3) is 0 Å². The van der Waals surface area contributed by atoms with Crippen LogP contribution >= 0.6 is 0 Å². The average Bonchev–Trinajstić information content (AvgIpc) is 3.23. The van der Waals surface area contributed by atoms with Gasteiger partial charge in [0, 0.05) is 18.5 Å². The van der Waals surface area contributed by atoms with Crippen LogP contribution in [-0.4, -0.2) is 35.3 Å². The highest BCUT2D eigenvalue weighted by atomic mass is 16.2. The topological polar surface area (TPSA) is 49.4 Å². The van der Waals surface area contributed by atoms with E-state index in [1.54, 1.807) is 0 Å². The fraction of sp³-hybridized carbons (Fsp3) is 0.579. The highest BCUT2D eigenvalue weighted by Gasteiger charge is 2.53. The summed E-state index contributed by atoms with van der Waals surface area (Å²) < 4.78 is 0. The number of amides is 2. The molecule has 23 heavy (non-hydrogen) atoms. The first-order valence-corrected chi connectivity index (χ1v) is 8.88. The van der Waals surface area contributed by atoms with Gasteiger partial charge in [-0.3, -0.25) is 9.59 Å². The van der Waals surface area contributed by atoms with Crippen molar-refractivity contribution in [2.75, 3.05) is 6.54 Å². The molecule has 1 aromatic carbocycles. The monoisotopic (exact) mass is 312 g/mol. The minimum absolute atomic E-state index is 0.0575. The van der Waals surface area contributed by atoms with Crippen LogP contribution in [0.3, 0.4) is 0 Å². The Labute approximate surface area is 137 Å². The number of rotatable bonds is 5. The van der Waals surface area contributed by atoms with Crippen LogP contribution in [-0.2, 0) is 16.0 Å². The van der Waals surface area contributed by atoms with Crippen molar-refractivity contribution in [1.29, 1.82) is 0 Å². The summed E-state index contributed by atoms with van der Waals surface area (Å²) in [6.45, 7) is 0.641. The number of nitrogens with one attached hydrogen (secondary N) is 1. The van der Waals surface area contributed by atoms with Crippen molar-refractivity contribution < 1.29 is 9.59 Å². The highest BCUT2D eigenvalue weighted by Crippen LogP contribution is 2.45. The molecule has 1 saturated heterocycles. The minimum Gasteiger partial charge on any atom is -0.354 e. The summed E-state index contributed by atoms with van der Waals surface area (Å²) in [4.78, 5) is 27.2. The summed E-state index contributed by atoms with van der Waals surface area (Å²) in [7, 11) is 0. The van der Waals surface area contributed by atoms with Gasteiger partial charge >= 0.3 is 0 Å². The molecule has 4 nitrogen and oxygen atoms in total. The van der Waals surface area contributed by atoms with Crippen molar-refractivity contribution in [1.82, 2.24) is 10.2 Å². The van der Waals surface area contributed by atoms with Gasteiger partial charge in [-0.2, -0.15) is 0 Å². The predicted octanol–water partition coefficient (Wildman–Crippen LogP) is 2.13. The van der Waals surface area contributed by atoms with E-state index in [2.05, 4.69) is 17.4 Å². The standard InChI is InChI=1S/C19H24N2O2/c22-18(20-11-10-13-4-2-1-3-5-13)17-15-8-9-16(12-15)21(17)19(23)14-6-7-14/h1-5,14-17H,6-12H2,(H,20,22)/t15-,16-,17+/m0/s1. The Morgan fingerprint density at radius 1 is 1.09 bits per heavy atom. The van der Waals surface area contributed by atoms with Gasteiger partial charge in [-0.1, -0.05) is 30.3 Å². The number of carbonyl (C=O) groups is 2. The number of benzene rings is 1. The van der Waals surface area contributed by atoms with Gasteiger partial charge in [0.25, 0.3) is 0 Å². The van der Waals surface area contributed by atoms with Crippen molar-refractivity contribution in [3.63, 3.8) is 0 Å². The molecule has 0 aromatic heterocycles. The molecule has 2 saturated carbocycles. The summed E-state index contributed by atoms with van der Waals surface area (Å²) in [5.74, 6) is 0.871. The molecule has 1 aromatic rings. The van der Waals surface area contributed by atoms with Gasteiger partial charge in [0.1, 0.15) is 6.04 Å². The van der Waals surface area contributed by atoms with E-state index in [0.717, 1.165) is 38.5 Å². The fourth-order valence-corrected chi connectivity index (χ4v) is 4.26. The first kappa shape index (κ1) is 14.7. The van der Waals surface area contributed by atoms with Gasteiger partial charge in [-0.05, 0) is 50.0 Å². The number of carbonyl (C=O) groups excluding carboxylic acids is 2. The molecule has 1 aliphatic heterocycles. The van der Waals surface area contributed by atoms with Crippen LogP contribution in [0.4, 0.5) is 0 Å². The molecule has 3 fully saturated rings. The lowest BCUT2D eigenvalue weighted by atomic mass is 9.97. The maximum atomic E-state index is 12.7. The third-order valence-electron chi connectivity index (χ3n) is 5.59. The van der Waals surface area contributed by atoms with Crippen LogP contribution < -0.4 is 5.32 Å². The fourth-order valence-electron chi connectivity index (χ4n) is 4.26. The second-order valence-electron chi connectivity index (χ2n) is 7.22. The maximum absolute atomic E-state index is 12.7. The molecule has 0 spiro atoms. The summed E-state index contributed by atoms with van der Waals surface area (Å²) >= 11 is 0. The third-order valence-corrected chi connectivity index (χ3v) is 5.59. The molecule has 4 rings (SSSR count). The Kier molecular flexibility index (Phi) is 3.83. The second-order valence-corrected chi connectivity index (χ2v) is 7.22. The first-order chi connectivity index (χ1) is 11.2. The number of nitrogens with zero attached hydrogens (tertiary/aromatic N) is 1. The van der Waals surface area contributed by atoms with Crippen LogP contribution in [0.15, 0.2) is 30.3 Å². The van der Waals surface area contributed by atoms with Crippen molar-refractivity contribution in [3.05, 3.63) is 35.9 Å². The number of piperidine rings is 1. The highest BCUT2D eigenvalue weighted by molar-refractivity contribution is 5.90. The molecule has 2 bridgehead atoms. The summed E-state index contributed by atoms with van der Waals surface area (Å²) in [6.07, 6.45) is 6.05. The van der Waals surface area contributed by atoms with Gasteiger partial charge in [0.05, 0.1) is 0 Å². The van der Waals surface area contributed by atoms with Crippen molar-refractivity contribution >= 4 is 11.8 Å². The van der Waals surface area contributed by atoms with E-state index < -0.39 is 0 Å². The van der Waals surface area contributed by atoms with E-state index in [9.17, 15) is 9.59 Å². The predicted molar refractivity (Wildman–Crippen MR) is 87.6 cm³/mol. The van der Waals surface area contributed by atoms with Gasteiger partial charge < -0.3 is 10.2 Å². The Morgan fingerprint density at radius 2 is 1.87 bits per heavy atom. The quantitative estimate of drug-likeness (QED) is 0.905. The van der Waals surface area contributed by atoms with E-state index in [1.807, 2.05) is 23.1 Å². The van der Waals surface area contributed by atoms with Crippen LogP contribution in [0.2, 0.25) is 0 Å². The average molecular weight is 312 g/mol. The second kappa shape index (κ2) is 5.99. The molecule has 2 amide bonds. The third kappa shape index (κ3) is 2.87. The largest absolute Gasteiger partial charge is 0.354 e. The van der Waals surface area contributed by atoms with Gasteiger partial charge in [0.2, 0.25) is 11.8 Å². The summed E-state index contributed by atoms with van der Waals surface area (Å²) in [6, 6.07) is 10.3. The molecule has 0 unspecified atom stereocenters. The van der Waals surface area contributed by atoms with E-state index in [0.29, 0.717) is 18.5 Å².